The molecule has 1 N–H and O–H groups in total. The van der Waals surface area contributed by atoms with Crippen LogP contribution in [0.15, 0.2) is 43.0 Å². The molecule has 86 valence electrons. The Labute approximate surface area is 99.3 Å². The van der Waals surface area contributed by atoms with Gasteiger partial charge < -0.3 is 5.32 Å². The van der Waals surface area contributed by atoms with Crippen LogP contribution in [0.4, 0.5) is 4.79 Å². The number of aryl methyl sites for hydroxylation is 1. The Hall–Kier alpha value is -2.10. The maximum atomic E-state index is 11.9. The van der Waals surface area contributed by atoms with Gasteiger partial charge in [0.15, 0.2) is 0 Å². The van der Waals surface area contributed by atoms with Gasteiger partial charge in [-0.15, -0.1) is 0 Å². The second kappa shape index (κ2) is 4.05. The van der Waals surface area contributed by atoms with Crippen molar-refractivity contribution in [2.45, 2.75) is 18.9 Å². The number of carbonyl (C=O) groups excluding carboxylic acids is 1. The Bertz CT molecular complexity index is 533. The summed E-state index contributed by atoms with van der Waals surface area (Å²) < 4.78 is 1.46. The molecule has 2 aromatic rings. The lowest BCUT2D eigenvalue weighted by Gasteiger charge is -2.13. The zero-order valence-corrected chi connectivity index (χ0v) is 9.34. The monoisotopic (exact) mass is 227 g/mol. The number of benzene rings is 1. The van der Waals surface area contributed by atoms with E-state index >= 15 is 0 Å². The molecule has 17 heavy (non-hydrogen) atoms. The van der Waals surface area contributed by atoms with Gasteiger partial charge in [-0.3, -0.25) is 4.57 Å². The van der Waals surface area contributed by atoms with E-state index in [1.54, 1.807) is 12.4 Å². The van der Waals surface area contributed by atoms with Gasteiger partial charge in [0.25, 0.3) is 0 Å². The topological polar surface area (TPSA) is 46.9 Å². The van der Waals surface area contributed by atoms with Crippen molar-refractivity contribution in [1.29, 1.82) is 0 Å². The van der Waals surface area contributed by atoms with E-state index in [0.717, 1.165) is 12.8 Å². The first-order valence-electron chi connectivity index (χ1n) is 5.71. The third-order valence-electron chi connectivity index (χ3n) is 3.17. The predicted octanol–water partition coefficient (Wildman–Crippen LogP) is 2.13. The van der Waals surface area contributed by atoms with Crippen LogP contribution >= 0.6 is 0 Å². The van der Waals surface area contributed by atoms with Crippen LogP contribution in [-0.2, 0) is 6.42 Å². The van der Waals surface area contributed by atoms with E-state index in [2.05, 4.69) is 22.4 Å². The lowest BCUT2D eigenvalue weighted by Crippen LogP contribution is -2.30. The highest BCUT2D eigenvalue weighted by atomic mass is 16.2. The number of nitrogens with zero attached hydrogens (tertiary/aromatic N) is 2. The maximum absolute atomic E-state index is 11.9. The van der Waals surface area contributed by atoms with Crippen LogP contribution < -0.4 is 5.32 Å². The van der Waals surface area contributed by atoms with Gasteiger partial charge in [0, 0.05) is 12.4 Å². The Morgan fingerprint density at radius 1 is 1.41 bits per heavy atom. The largest absolute Gasteiger partial charge is 0.331 e. The second-order valence-corrected chi connectivity index (χ2v) is 4.21. The molecule has 1 aromatic heterocycles. The fourth-order valence-electron chi connectivity index (χ4n) is 2.31. The van der Waals surface area contributed by atoms with Gasteiger partial charge in [-0.2, -0.15) is 0 Å². The third kappa shape index (κ3) is 1.82. The zero-order valence-electron chi connectivity index (χ0n) is 9.34. The van der Waals surface area contributed by atoms with Crippen molar-refractivity contribution >= 4 is 6.03 Å². The molecule has 0 saturated heterocycles. The Balaban J connectivity index is 1.78. The molecular formula is C13H13N3O. The van der Waals surface area contributed by atoms with Gasteiger partial charge >= 0.3 is 6.03 Å². The number of hydrogen-bond acceptors (Lipinski definition) is 2. The normalized spacial score (nSPS) is 17.8. The van der Waals surface area contributed by atoms with E-state index in [0.29, 0.717) is 0 Å². The summed E-state index contributed by atoms with van der Waals surface area (Å²) in [5.74, 6) is 0. The number of aromatic nitrogens is 2. The molecule has 0 aliphatic heterocycles. The van der Waals surface area contributed by atoms with Crippen LogP contribution in [0, 0.1) is 0 Å². The maximum Gasteiger partial charge on any atom is 0.327 e. The highest BCUT2D eigenvalue weighted by molar-refractivity contribution is 5.77. The van der Waals surface area contributed by atoms with Crippen molar-refractivity contribution in [1.82, 2.24) is 14.9 Å². The van der Waals surface area contributed by atoms with Gasteiger partial charge in [0.1, 0.15) is 6.33 Å². The highest BCUT2D eigenvalue weighted by Crippen LogP contribution is 2.30. The number of amides is 1. The summed E-state index contributed by atoms with van der Waals surface area (Å²) in [6.07, 6.45) is 6.76. The molecule has 0 radical (unpaired) electrons. The Morgan fingerprint density at radius 2 is 2.29 bits per heavy atom. The van der Waals surface area contributed by atoms with Crippen LogP contribution in [0.5, 0.6) is 0 Å². The smallest absolute Gasteiger partial charge is 0.327 e. The molecule has 3 rings (SSSR count). The van der Waals surface area contributed by atoms with E-state index in [1.165, 1.54) is 22.0 Å². The molecule has 4 nitrogen and oxygen atoms in total. The van der Waals surface area contributed by atoms with Gasteiger partial charge in [-0.05, 0) is 24.0 Å². The van der Waals surface area contributed by atoms with Crippen molar-refractivity contribution in [3.05, 3.63) is 54.1 Å². The summed E-state index contributed by atoms with van der Waals surface area (Å²) in [7, 11) is 0. The Kier molecular flexibility index (Phi) is 2.40. The predicted molar refractivity (Wildman–Crippen MR) is 63.7 cm³/mol. The molecule has 1 aliphatic rings. The van der Waals surface area contributed by atoms with Crippen molar-refractivity contribution in [2.24, 2.45) is 0 Å². The molecule has 1 unspecified atom stereocenters. The summed E-state index contributed by atoms with van der Waals surface area (Å²) >= 11 is 0. The van der Waals surface area contributed by atoms with Crippen molar-refractivity contribution in [3.8, 4) is 0 Å². The molecule has 1 atom stereocenters. The molecule has 1 amide bonds. The van der Waals surface area contributed by atoms with Crippen LogP contribution in [0.25, 0.3) is 0 Å². The summed E-state index contributed by atoms with van der Waals surface area (Å²) in [6.45, 7) is 0. The second-order valence-electron chi connectivity index (χ2n) is 4.21. The summed E-state index contributed by atoms with van der Waals surface area (Å²) in [5.41, 5.74) is 2.57. The minimum absolute atomic E-state index is 0.121. The van der Waals surface area contributed by atoms with Gasteiger partial charge in [0.2, 0.25) is 0 Å². The number of fused-ring (bicyclic) bond motifs is 1. The molecule has 4 heteroatoms. The SMILES string of the molecule is O=C(NC1CCc2ccccc21)n1ccnc1. The molecule has 1 aromatic carbocycles. The van der Waals surface area contributed by atoms with Crippen LogP contribution in [-0.4, -0.2) is 15.6 Å². The number of nitrogens with one attached hydrogen (secondary N) is 1. The lowest BCUT2D eigenvalue weighted by molar-refractivity contribution is 0.238. The molecule has 1 aliphatic carbocycles. The minimum atomic E-state index is -0.121. The van der Waals surface area contributed by atoms with Crippen molar-refractivity contribution < 1.29 is 4.79 Å². The van der Waals surface area contributed by atoms with Crippen LogP contribution in [0.3, 0.4) is 0 Å². The third-order valence-corrected chi connectivity index (χ3v) is 3.17. The number of hydrogen-bond donors (Lipinski definition) is 1. The molecular weight excluding hydrogens is 214 g/mol. The molecule has 0 saturated carbocycles. The molecule has 0 fully saturated rings. The fourth-order valence-corrected chi connectivity index (χ4v) is 2.31. The fraction of sp³-hybridized carbons (Fsp3) is 0.231. The molecule has 1 heterocycles. The highest BCUT2D eigenvalue weighted by Gasteiger charge is 2.23. The first-order chi connectivity index (χ1) is 8.34. The van der Waals surface area contributed by atoms with Gasteiger partial charge in [0.05, 0.1) is 6.04 Å². The number of imidazole rings is 1. The number of carbonyl (C=O) groups is 1. The quantitative estimate of drug-likeness (QED) is 0.811. The lowest BCUT2D eigenvalue weighted by atomic mass is 10.1. The van der Waals surface area contributed by atoms with Crippen LogP contribution in [0.2, 0.25) is 0 Å². The standard InChI is InChI=1S/C13H13N3O/c17-13(16-8-7-14-9-16)15-12-6-5-10-3-1-2-4-11(10)12/h1-4,7-9,12H,5-6H2,(H,15,17). The zero-order chi connectivity index (χ0) is 11.7. The van der Waals surface area contributed by atoms with E-state index in [9.17, 15) is 4.79 Å². The van der Waals surface area contributed by atoms with Crippen molar-refractivity contribution in [2.75, 3.05) is 0 Å². The van der Waals surface area contributed by atoms with E-state index in [4.69, 9.17) is 0 Å². The van der Waals surface area contributed by atoms with Crippen LogP contribution in [0.1, 0.15) is 23.6 Å². The molecule has 0 spiro atoms. The number of rotatable bonds is 1. The van der Waals surface area contributed by atoms with E-state index in [1.807, 2.05) is 12.1 Å². The van der Waals surface area contributed by atoms with E-state index < -0.39 is 0 Å². The summed E-state index contributed by atoms with van der Waals surface area (Å²) in [6, 6.07) is 8.27. The minimum Gasteiger partial charge on any atom is -0.331 e. The first-order valence-corrected chi connectivity index (χ1v) is 5.71. The van der Waals surface area contributed by atoms with Gasteiger partial charge in [-0.25, -0.2) is 9.78 Å². The first kappa shape index (κ1) is 10.1. The van der Waals surface area contributed by atoms with Gasteiger partial charge in [-0.1, -0.05) is 24.3 Å². The summed E-state index contributed by atoms with van der Waals surface area (Å²) in [5, 5.41) is 3.02. The average molecular weight is 227 g/mol. The average Bonchev–Trinajstić information content (AvgIpc) is 2.98. The Morgan fingerprint density at radius 3 is 3.12 bits per heavy atom. The van der Waals surface area contributed by atoms with Crippen molar-refractivity contribution in [3.63, 3.8) is 0 Å². The van der Waals surface area contributed by atoms with E-state index in [-0.39, 0.29) is 12.1 Å². The molecule has 0 bridgehead atoms. The summed E-state index contributed by atoms with van der Waals surface area (Å²) in [4.78, 5) is 15.7.